The van der Waals surface area contributed by atoms with Gasteiger partial charge >= 0.3 is 0 Å². The average molecular weight is 226 g/mol. The molecule has 2 aliphatic heterocycles. The molecule has 92 valence electrons. The molecule has 4 heteroatoms. The molecule has 2 N–H and O–H groups in total. The van der Waals surface area contributed by atoms with E-state index in [1.807, 2.05) is 6.92 Å². The summed E-state index contributed by atoms with van der Waals surface area (Å²) >= 11 is 0. The lowest BCUT2D eigenvalue weighted by Gasteiger charge is -2.26. The highest BCUT2D eigenvalue weighted by molar-refractivity contribution is 5.82. The van der Waals surface area contributed by atoms with E-state index < -0.39 is 5.60 Å². The van der Waals surface area contributed by atoms with Crippen LogP contribution in [0.5, 0.6) is 0 Å². The molecule has 16 heavy (non-hydrogen) atoms. The Hall–Kier alpha value is -0.610. The van der Waals surface area contributed by atoms with Gasteiger partial charge in [0.2, 0.25) is 0 Å². The first-order valence-corrected chi connectivity index (χ1v) is 6.32. The summed E-state index contributed by atoms with van der Waals surface area (Å²) < 4.78 is 5.40. The molecule has 0 amide bonds. The fourth-order valence-corrected chi connectivity index (χ4v) is 2.28. The number of nitrogens with zero attached hydrogens (tertiary/aromatic N) is 1. The molecule has 2 atom stereocenters. The molecule has 2 heterocycles. The van der Waals surface area contributed by atoms with E-state index in [1.54, 1.807) is 0 Å². The van der Waals surface area contributed by atoms with Crippen molar-refractivity contribution < 1.29 is 9.84 Å². The quantitative estimate of drug-likeness (QED) is 0.741. The van der Waals surface area contributed by atoms with Gasteiger partial charge < -0.3 is 15.2 Å². The van der Waals surface area contributed by atoms with Crippen LogP contribution in [0.4, 0.5) is 0 Å². The van der Waals surface area contributed by atoms with Crippen molar-refractivity contribution in [3.63, 3.8) is 0 Å². The molecule has 1 saturated heterocycles. The minimum Gasteiger partial charge on any atom is -0.385 e. The van der Waals surface area contributed by atoms with E-state index in [4.69, 9.17) is 4.74 Å². The van der Waals surface area contributed by atoms with Gasteiger partial charge in [0.05, 0.1) is 11.9 Å². The summed E-state index contributed by atoms with van der Waals surface area (Å²) in [5, 5.41) is 13.6. The minimum atomic E-state index is -0.713. The Labute approximate surface area is 97.1 Å². The van der Waals surface area contributed by atoms with E-state index in [9.17, 15) is 5.11 Å². The van der Waals surface area contributed by atoms with E-state index >= 15 is 0 Å². The second kappa shape index (κ2) is 5.15. The molecule has 0 radical (unpaired) electrons. The smallest absolute Gasteiger partial charge is 0.110 e. The molecule has 1 fully saturated rings. The highest BCUT2D eigenvalue weighted by atomic mass is 16.5. The van der Waals surface area contributed by atoms with E-state index in [0.29, 0.717) is 19.6 Å². The van der Waals surface area contributed by atoms with Gasteiger partial charge in [-0.3, -0.25) is 4.99 Å². The molecule has 0 aromatic carbocycles. The van der Waals surface area contributed by atoms with Crippen LogP contribution in [-0.2, 0) is 4.74 Å². The molecule has 0 bridgehead atoms. The van der Waals surface area contributed by atoms with Crippen molar-refractivity contribution in [1.29, 1.82) is 0 Å². The highest BCUT2D eigenvalue weighted by Gasteiger charge is 2.39. The largest absolute Gasteiger partial charge is 0.385 e. The van der Waals surface area contributed by atoms with Crippen LogP contribution < -0.4 is 5.32 Å². The maximum absolute atomic E-state index is 10.3. The molecule has 0 aromatic heterocycles. The summed E-state index contributed by atoms with van der Waals surface area (Å²) in [5.41, 5.74) is -0.713. The standard InChI is InChI=1S/C12H22N2O2/c1-10-12(15,6-8-16-10)9-14-11-5-3-2-4-7-13-11/h10,15H,2-9H2,1H3,(H,13,14). The van der Waals surface area contributed by atoms with Crippen molar-refractivity contribution in [2.24, 2.45) is 4.99 Å². The van der Waals surface area contributed by atoms with Gasteiger partial charge in [-0.25, -0.2) is 0 Å². The topological polar surface area (TPSA) is 53.9 Å². The van der Waals surface area contributed by atoms with Gasteiger partial charge in [-0.15, -0.1) is 0 Å². The van der Waals surface area contributed by atoms with E-state index in [-0.39, 0.29) is 6.10 Å². The third-order valence-electron chi connectivity index (χ3n) is 3.63. The zero-order valence-corrected chi connectivity index (χ0v) is 10.0. The number of aliphatic imine (C=N–C) groups is 1. The molecule has 0 aliphatic carbocycles. The number of aliphatic hydroxyl groups is 1. The zero-order chi connectivity index (χ0) is 11.4. The molecular weight excluding hydrogens is 204 g/mol. The first-order valence-electron chi connectivity index (χ1n) is 6.32. The van der Waals surface area contributed by atoms with Crippen LogP contribution in [0.2, 0.25) is 0 Å². The molecule has 2 aliphatic rings. The number of hydrogen-bond donors (Lipinski definition) is 2. The Morgan fingerprint density at radius 1 is 1.50 bits per heavy atom. The van der Waals surface area contributed by atoms with Crippen molar-refractivity contribution in [3.8, 4) is 0 Å². The van der Waals surface area contributed by atoms with Gasteiger partial charge in [-0.05, 0) is 19.8 Å². The number of ether oxygens (including phenoxy) is 1. The number of nitrogens with one attached hydrogen (secondary N) is 1. The average Bonchev–Trinajstić information content (AvgIpc) is 2.52. The van der Waals surface area contributed by atoms with Gasteiger partial charge in [0.1, 0.15) is 5.60 Å². The van der Waals surface area contributed by atoms with E-state index in [1.165, 1.54) is 19.3 Å². The predicted octanol–water partition coefficient (Wildman–Crippen LogP) is 1.09. The van der Waals surface area contributed by atoms with Crippen molar-refractivity contribution in [1.82, 2.24) is 5.32 Å². The number of amidine groups is 1. The fraction of sp³-hybridized carbons (Fsp3) is 0.917. The molecule has 2 rings (SSSR count). The SMILES string of the molecule is CC1OCCC1(O)CNC1=NCCCCC1. The molecule has 0 saturated carbocycles. The van der Waals surface area contributed by atoms with Crippen LogP contribution in [0.1, 0.15) is 39.0 Å². The maximum Gasteiger partial charge on any atom is 0.110 e. The van der Waals surface area contributed by atoms with Crippen LogP contribution >= 0.6 is 0 Å². The van der Waals surface area contributed by atoms with Gasteiger partial charge in [-0.2, -0.15) is 0 Å². The second-order valence-electron chi connectivity index (χ2n) is 4.86. The molecule has 0 aromatic rings. The third-order valence-corrected chi connectivity index (χ3v) is 3.63. The Kier molecular flexibility index (Phi) is 3.82. The Morgan fingerprint density at radius 3 is 3.12 bits per heavy atom. The molecular formula is C12H22N2O2. The summed E-state index contributed by atoms with van der Waals surface area (Å²) in [4.78, 5) is 4.49. The summed E-state index contributed by atoms with van der Waals surface area (Å²) in [7, 11) is 0. The second-order valence-corrected chi connectivity index (χ2v) is 4.86. The summed E-state index contributed by atoms with van der Waals surface area (Å²) in [6.45, 7) is 4.08. The molecule has 0 spiro atoms. The zero-order valence-electron chi connectivity index (χ0n) is 10.0. The monoisotopic (exact) mass is 226 g/mol. The highest BCUT2D eigenvalue weighted by Crippen LogP contribution is 2.24. The van der Waals surface area contributed by atoms with Crippen molar-refractivity contribution >= 4 is 5.84 Å². The third kappa shape index (κ3) is 2.74. The first kappa shape index (κ1) is 11.9. The van der Waals surface area contributed by atoms with Crippen molar-refractivity contribution in [3.05, 3.63) is 0 Å². The normalized spacial score (nSPS) is 35.6. The Bertz CT molecular complexity index is 268. The summed E-state index contributed by atoms with van der Waals surface area (Å²) in [6.07, 6.45) is 5.31. The van der Waals surface area contributed by atoms with Crippen LogP contribution in [-0.4, -0.2) is 42.3 Å². The molecule has 4 nitrogen and oxygen atoms in total. The van der Waals surface area contributed by atoms with Crippen molar-refractivity contribution in [2.75, 3.05) is 19.7 Å². The van der Waals surface area contributed by atoms with E-state index in [2.05, 4.69) is 10.3 Å². The summed E-state index contributed by atoms with van der Waals surface area (Å²) in [5.74, 6) is 1.06. The van der Waals surface area contributed by atoms with Crippen LogP contribution in [0.15, 0.2) is 4.99 Å². The van der Waals surface area contributed by atoms with Gasteiger partial charge in [0.25, 0.3) is 0 Å². The number of rotatable bonds is 2. The lowest BCUT2D eigenvalue weighted by atomic mass is 9.96. The first-order chi connectivity index (χ1) is 7.71. The van der Waals surface area contributed by atoms with Crippen LogP contribution in [0.25, 0.3) is 0 Å². The van der Waals surface area contributed by atoms with Gasteiger partial charge in [0, 0.05) is 32.5 Å². The molecule has 2 unspecified atom stereocenters. The van der Waals surface area contributed by atoms with E-state index in [0.717, 1.165) is 18.8 Å². The van der Waals surface area contributed by atoms with Crippen LogP contribution in [0.3, 0.4) is 0 Å². The number of hydrogen-bond acceptors (Lipinski definition) is 4. The lowest BCUT2D eigenvalue weighted by molar-refractivity contribution is -0.0234. The Morgan fingerprint density at radius 2 is 2.38 bits per heavy atom. The lowest BCUT2D eigenvalue weighted by Crippen LogP contribution is -2.47. The van der Waals surface area contributed by atoms with Gasteiger partial charge in [0.15, 0.2) is 0 Å². The Balaban J connectivity index is 1.84. The van der Waals surface area contributed by atoms with Crippen LogP contribution in [0, 0.1) is 0 Å². The van der Waals surface area contributed by atoms with Crippen molar-refractivity contribution in [2.45, 2.75) is 50.7 Å². The van der Waals surface area contributed by atoms with Gasteiger partial charge in [-0.1, -0.05) is 6.42 Å². The fourth-order valence-electron chi connectivity index (χ4n) is 2.28. The minimum absolute atomic E-state index is 0.0774. The summed E-state index contributed by atoms with van der Waals surface area (Å²) in [6, 6.07) is 0. The maximum atomic E-state index is 10.3. The predicted molar refractivity (Wildman–Crippen MR) is 63.8 cm³/mol.